The first kappa shape index (κ1) is 13.2. The highest BCUT2D eigenvalue weighted by Gasteiger charge is 2.16. The summed E-state index contributed by atoms with van der Waals surface area (Å²) >= 11 is 0. The third-order valence-corrected chi connectivity index (χ3v) is 2.74. The topological polar surface area (TPSA) is 64.2 Å². The van der Waals surface area contributed by atoms with Crippen LogP contribution in [0.25, 0.3) is 0 Å². The van der Waals surface area contributed by atoms with Gasteiger partial charge in [0.05, 0.1) is 6.33 Å². The summed E-state index contributed by atoms with van der Waals surface area (Å²) in [6, 6.07) is 5.85. The second-order valence-corrected chi connectivity index (χ2v) is 4.13. The highest BCUT2D eigenvalue weighted by atomic mass is 19.1. The maximum absolute atomic E-state index is 13.1. The van der Waals surface area contributed by atoms with E-state index < -0.39 is 0 Å². The van der Waals surface area contributed by atoms with Crippen molar-refractivity contribution in [3.63, 3.8) is 0 Å². The van der Waals surface area contributed by atoms with Gasteiger partial charge in [0, 0.05) is 32.0 Å². The number of carbonyl (C=O) groups excluding carboxylic acids is 1. The Labute approximate surface area is 110 Å². The summed E-state index contributed by atoms with van der Waals surface area (Å²) in [7, 11) is 1.58. The number of carbonyl (C=O) groups is 1. The van der Waals surface area contributed by atoms with Crippen LogP contribution in [-0.4, -0.2) is 29.1 Å². The van der Waals surface area contributed by atoms with Gasteiger partial charge in [0.25, 0.3) is 5.91 Å². The molecule has 0 radical (unpaired) electrons. The highest BCUT2D eigenvalue weighted by molar-refractivity contribution is 6.04. The molecule has 2 rings (SSSR count). The second-order valence-electron chi connectivity index (χ2n) is 4.13. The first-order chi connectivity index (χ1) is 9.11. The largest absolute Gasteiger partial charge is 0.335 e. The summed E-state index contributed by atoms with van der Waals surface area (Å²) in [6.45, 7) is 1.08. The fourth-order valence-corrected chi connectivity index (χ4v) is 1.72. The van der Waals surface area contributed by atoms with Crippen LogP contribution < -0.4 is 10.6 Å². The highest BCUT2D eigenvalue weighted by Crippen LogP contribution is 2.16. The number of imidazole rings is 1. The number of rotatable bonds is 4. The van der Waals surface area contributed by atoms with E-state index in [2.05, 4.69) is 4.98 Å². The molecule has 0 unspecified atom stereocenters. The number of hydrogen-bond donors (Lipinski definition) is 1. The van der Waals surface area contributed by atoms with Gasteiger partial charge in [-0.3, -0.25) is 4.79 Å². The van der Waals surface area contributed by atoms with Crippen molar-refractivity contribution in [1.29, 1.82) is 0 Å². The lowest BCUT2D eigenvalue weighted by Crippen LogP contribution is -2.26. The molecule has 0 aliphatic carbocycles. The minimum absolute atomic E-state index is 0.290. The molecule has 0 bridgehead atoms. The van der Waals surface area contributed by atoms with Crippen LogP contribution >= 0.6 is 0 Å². The Morgan fingerprint density at radius 3 is 3.00 bits per heavy atom. The molecule has 2 N–H and O–H groups in total. The maximum atomic E-state index is 13.1. The van der Waals surface area contributed by atoms with Gasteiger partial charge in [-0.15, -0.1) is 0 Å². The van der Waals surface area contributed by atoms with Crippen molar-refractivity contribution in [3.8, 4) is 0 Å². The van der Waals surface area contributed by atoms with E-state index in [-0.39, 0.29) is 11.7 Å². The molecule has 0 aliphatic rings. The van der Waals surface area contributed by atoms with Gasteiger partial charge in [0.1, 0.15) is 11.5 Å². The Morgan fingerprint density at radius 1 is 1.53 bits per heavy atom. The Balaban J connectivity index is 2.18. The molecule has 0 spiro atoms. The van der Waals surface area contributed by atoms with Crippen LogP contribution in [0.4, 0.5) is 10.1 Å². The van der Waals surface area contributed by atoms with Crippen LogP contribution in [-0.2, 0) is 6.54 Å². The monoisotopic (exact) mass is 262 g/mol. The Bertz CT molecular complexity index is 582. The molecule has 19 heavy (non-hydrogen) atoms. The van der Waals surface area contributed by atoms with Crippen LogP contribution in [0.2, 0.25) is 0 Å². The molecule has 0 saturated carbocycles. The van der Waals surface area contributed by atoms with Gasteiger partial charge >= 0.3 is 0 Å². The first-order valence-electron chi connectivity index (χ1n) is 5.87. The molecule has 0 atom stereocenters. The van der Waals surface area contributed by atoms with E-state index in [0.717, 1.165) is 0 Å². The average molecular weight is 262 g/mol. The van der Waals surface area contributed by atoms with Crippen LogP contribution in [0.1, 0.15) is 10.5 Å². The number of anilines is 1. The van der Waals surface area contributed by atoms with Gasteiger partial charge in [0.15, 0.2) is 0 Å². The van der Waals surface area contributed by atoms with Crippen molar-refractivity contribution in [3.05, 3.63) is 48.3 Å². The van der Waals surface area contributed by atoms with E-state index in [1.54, 1.807) is 36.3 Å². The normalized spacial score (nSPS) is 10.5. The predicted molar refractivity (Wildman–Crippen MR) is 70.4 cm³/mol. The number of nitrogens with two attached hydrogens (primary N) is 1. The SMILES string of the molecule is CN(C(=O)c1cn(CCN)cn1)c1cccc(F)c1. The summed E-state index contributed by atoms with van der Waals surface area (Å²) in [5, 5.41) is 0. The summed E-state index contributed by atoms with van der Waals surface area (Å²) in [5.74, 6) is -0.674. The van der Waals surface area contributed by atoms with Crippen LogP contribution in [0.15, 0.2) is 36.8 Å². The minimum atomic E-state index is -0.384. The fraction of sp³-hybridized carbons (Fsp3) is 0.231. The smallest absolute Gasteiger partial charge is 0.278 e. The van der Waals surface area contributed by atoms with Crippen molar-refractivity contribution < 1.29 is 9.18 Å². The molecule has 1 amide bonds. The van der Waals surface area contributed by atoms with Gasteiger partial charge in [-0.05, 0) is 18.2 Å². The van der Waals surface area contributed by atoms with E-state index in [9.17, 15) is 9.18 Å². The number of halogens is 1. The molecule has 0 saturated heterocycles. The minimum Gasteiger partial charge on any atom is -0.335 e. The molecule has 2 aromatic rings. The lowest BCUT2D eigenvalue weighted by Gasteiger charge is -2.15. The molecule has 1 aromatic heterocycles. The van der Waals surface area contributed by atoms with Gasteiger partial charge in [-0.1, -0.05) is 6.07 Å². The summed E-state index contributed by atoms with van der Waals surface area (Å²) < 4.78 is 14.9. The molecule has 1 heterocycles. The molecule has 1 aromatic carbocycles. The molecular formula is C13H15FN4O. The predicted octanol–water partition coefficient (Wildman–Crippen LogP) is 1.26. The first-order valence-corrected chi connectivity index (χ1v) is 5.87. The van der Waals surface area contributed by atoms with E-state index in [1.807, 2.05) is 0 Å². The molecule has 0 fully saturated rings. The zero-order chi connectivity index (χ0) is 13.8. The average Bonchev–Trinajstić information content (AvgIpc) is 2.86. The molecular weight excluding hydrogens is 247 g/mol. The summed E-state index contributed by atoms with van der Waals surface area (Å²) in [5.41, 5.74) is 6.22. The fourth-order valence-electron chi connectivity index (χ4n) is 1.72. The van der Waals surface area contributed by atoms with Crippen molar-refractivity contribution in [2.75, 3.05) is 18.5 Å². The molecule has 5 nitrogen and oxygen atoms in total. The summed E-state index contributed by atoms with van der Waals surface area (Å²) in [6.07, 6.45) is 3.19. The van der Waals surface area contributed by atoms with E-state index in [1.165, 1.54) is 17.0 Å². The number of aromatic nitrogens is 2. The van der Waals surface area contributed by atoms with Gasteiger partial charge < -0.3 is 15.2 Å². The van der Waals surface area contributed by atoms with E-state index >= 15 is 0 Å². The van der Waals surface area contributed by atoms with Crippen LogP contribution in [0, 0.1) is 5.82 Å². The van der Waals surface area contributed by atoms with E-state index in [0.29, 0.717) is 24.5 Å². The van der Waals surface area contributed by atoms with Crippen molar-refractivity contribution in [2.24, 2.45) is 5.73 Å². The van der Waals surface area contributed by atoms with Gasteiger partial charge in [-0.2, -0.15) is 0 Å². The lowest BCUT2D eigenvalue weighted by molar-refractivity contribution is 0.0988. The number of amides is 1. The zero-order valence-corrected chi connectivity index (χ0v) is 10.6. The van der Waals surface area contributed by atoms with Gasteiger partial charge in [-0.25, -0.2) is 9.37 Å². The maximum Gasteiger partial charge on any atom is 0.278 e. The summed E-state index contributed by atoms with van der Waals surface area (Å²) in [4.78, 5) is 17.6. The zero-order valence-electron chi connectivity index (χ0n) is 10.6. The molecule has 100 valence electrons. The number of benzene rings is 1. The van der Waals surface area contributed by atoms with E-state index in [4.69, 9.17) is 5.73 Å². The van der Waals surface area contributed by atoms with Crippen molar-refractivity contribution >= 4 is 11.6 Å². The third-order valence-electron chi connectivity index (χ3n) is 2.74. The Morgan fingerprint density at radius 2 is 2.32 bits per heavy atom. The Kier molecular flexibility index (Phi) is 3.91. The van der Waals surface area contributed by atoms with Gasteiger partial charge in [0.2, 0.25) is 0 Å². The second kappa shape index (κ2) is 5.62. The molecule has 6 heteroatoms. The Hall–Kier alpha value is -2.21. The third kappa shape index (κ3) is 2.97. The quantitative estimate of drug-likeness (QED) is 0.902. The van der Waals surface area contributed by atoms with Crippen molar-refractivity contribution in [1.82, 2.24) is 9.55 Å². The van der Waals surface area contributed by atoms with Crippen LogP contribution in [0.5, 0.6) is 0 Å². The number of nitrogens with zero attached hydrogens (tertiary/aromatic N) is 3. The van der Waals surface area contributed by atoms with Crippen LogP contribution in [0.3, 0.4) is 0 Å². The molecule has 0 aliphatic heterocycles. The standard InChI is InChI=1S/C13H15FN4O/c1-17(11-4-2-3-10(14)7-11)13(19)12-8-18(6-5-15)9-16-12/h2-4,7-9H,5-6,15H2,1H3. The lowest BCUT2D eigenvalue weighted by atomic mass is 10.2. The number of hydrogen-bond acceptors (Lipinski definition) is 3. The van der Waals surface area contributed by atoms with Crippen molar-refractivity contribution in [2.45, 2.75) is 6.54 Å².